The van der Waals surface area contributed by atoms with Crippen LogP contribution in [0.15, 0.2) is 24.3 Å². The predicted molar refractivity (Wildman–Crippen MR) is 75.0 cm³/mol. The maximum atomic E-state index is 12.0. The second kappa shape index (κ2) is 5.68. The van der Waals surface area contributed by atoms with Gasteiger partial charge in [-0.25, -0.2) is 4.79 Å². The van der Waals surface area contributed by atoms with E-state index in [0.29, 0.717) is 0 Å². The van der Waals surface area contributed by atoms with Crippen LogP contribution in [0.4, 0.5) is 10.5 Å². The first-order chi connectivity index (χ1) is 8.22. The number of aliphatic hydroxyl groups excluding tert-OH is 1. The molecule has 1 aliphatic rings. The first-order valence-corrected chi connectivity index (χ1v) is 6.73. The molecule has 0 spiro atoms. The van der Waals surface area contributed by atoms with Crippen LogP contribution in [0.25, 0.3) is 0 Å². The van der Waals surface area contributed by atoms with E-state index in [-0.39, 0.29) is 18.7 Å². The number of hydrogen-bond acceptors (Lipinski definition) is 2. The quantitative estimate of drug-likeness (QED) is 0.808. The maximum Gasteiger partial charge on any atom is 0.322 e. The molecule has 0 bridgehead atoms. The molecule has 1 aliphatic heterocycles. The molecule has 2 amide bonds. The first kappa shape index (κ1) is 12.6. The summed E-state index contributed by atoms with van der Waals surface area (Å²) in [6.45, 7) is 0.764. The fourth-order valence-corrected chi connectivity index (χ4v) is 2.56. The van der Waals surface area contributed by atoms with E-state index in [4.69, 9.17) is 0 Å². The van der Waals surface area contributed by atoms with E-state index in [1.165, 1.54) is 0 Å². The molecule has 1 aromatic carbocycles. The molecule has 0 saturated carbocycles. The number of rotatable bonds is 2. The summed E-state index contributed by atoms with van der Waals surface area (Å²) in [6.07, 6.45) is 1.85. The van der Waals surface area contributed by atoms with Gasteiger partial charge in [0.2, 0.25) is 0 Å². The van der Waals surface area contributed by atoms with E-state index in [1.54, 1.807) is 4.90 Å². The summed E-state index contributed by atoms with van der Waals surface area (Å²) < 4.78 is 1.01. The summed E-state index contributed by atoms with van der Waals surface area (Å²) in [6, 6.07) is 7.50. The van der Waals surface area contributed by atoms with Crippen molar-refractivity contribution in [3.63, 3.8) is 0 Å². The number of hydrogen-bond donors (Lipinski definition) is 2. The van der Waals surface area contributed by atoms with Crippen LogP contribution < -0.4 is 5.32 Å². The Hall–Kier alpha value is -0.820. The Morgan fingerprint density at radius 3 is 3.00 bits per heavy atom. The standard InChI is InChI=1S/C12H15IN2O2/c13-10-5-1-2-6-11(10)14-12(17)15-7-3-4-9(15)8-16/h1-2,5-6,9,16H,3-4,7-8H2,(H,14,17)/t9-/m0/s1. The van der Waals surface area contributed by atoms with Crippen molar-refractivity contribution in [1.82, 2.24) is 4.90 Å². The molecule has 2 rings (SSSR count). The highest BCUT2D eigenvalue weighted by Crippen LogP contribution is 2.21. The number of amides is 2. The maximum absolute atomic E-state index is 12.0. The van der Waals surface area contributed by atoms with Gasteiger partial charge in [-0.15, -0.1) is 0 Å². The van der Waals surface area contributed by atoms with Gasteiger partial charge in [0.1, 0.15) is 0 Å². The highest BCUT2D eigenvalue weighted by Gasteiger charge is 2.28. The third-order valence-electron chi connectivity index (χ3n) is 2.96. The van der Waals surface area contributed by atoms with Crippen LogP contribution in [0.5, 0.6) is 0 Å². The number of halogens is 1. The van der Waals surface area contributed by atoms with Crippen LogP contribution in [0.1, 0.15) is 12.8 Å². The summed E-state index contributed by atoms with van der Waals surface area (Å²) in [7, 11) is 0. The lowest BCUT2D eigenvalue weighted by Crippen LogP contribution is -2.40. The zero-order chi connectivity index (χ0) is 12.3. The number of para-hydroxylation sites is 1. The molecule has 1 heterocycles. The van der Waals surface area contributed by atoms with Crippen molar-refractivity contribution >= 4 is 34.3 Å². The third kappa shape index (κ3) is 2.90. The number of carbonyl (C=O) groups is 1. The molecule has 1 atom stereocenters. The van der Waals surface area contributed by atoms with E-state index in [0.717, 1.165) is 28.6 Å². The minimum atomic E-state index is -0.120. The van der Waals surface area contributed by atoms with E-state index < -0.39 is 0 Å². The Morgan fingerprint density at radius 1 is 1.53 bits per heavy atom. The van der Waals surface area contributed by atoms with Crippen molar-refractivity contribution in [2.24, 2.45) is 0 Å². The molecule has 1 aromatic rings. The molecule has 4 nitrogen and oxygen atoms in total. The van der Waals surface area contributed by atoms with Crippen LogP contribution in [-0.2, 0) is 0 Å². The van der Waals surface area contributed by atoms with Crippen molar-refractivity contribution in [3.05, 3.63) is 27.8 Å². The number of likely N-dealkylation sites (tertiary alicyclic amines) is 1. The van der Waals surface area contributed by atoms with Gasteiger partial charge in [0.05, 0.1) is 18.3 Å². The normalized spacial score (nSPS) is 19.4. The van der Waals surface area contributed by atoms with Gasteiger partial charge in [0.15, 0.2) is 0 Å². The number of anilines is 1. The average Bonchev–Trinajstić information content (AvgIpc) is 2.80. The van der Waals surface area contributed by atoms with E-state index >= 15 is 0 Å². The summed E-state index contributed by atoms with van der Waals surface area (Å²) in [5.74, 6) is 0. The van der Waals surface area contributed by atoms with Crippen molar-refractivity contribution in [2.75, 3.05) is 18.5 Å². The van der Waals surface area contributed by atoms with Gasteiger partial charge in [-0.05, 0) is 47.6 Å². The second-order valence-corrected chi connectivity index (χ2v) is 5.24. The lowest BCUT2D eigenvalue weighted by Gasteiger charge is -2.23. The Labute approximate surface area is 114 Å². The molecule has 17 heavy (non-hydrogen) atoms. The summed E-state index contributed by atoms with van der Waals surface area (Å²) in [5.41, 5.74) is 0.821. The van der Waals surface area contributed by atoms with Crippen LogP contribution >= 0.6 is 22.6 Å². The number of aliphatic hydroxyl groups is 1. The molecule has 1 saturated heterocycles. The van der Waals surface area contributed by atoms with Gasteiger partial charge >= 0.3 is 6.03 Å². The molecule has 92 valence electrons. The van der Waals surface area contributed by atoms with E-state index in [1.807, 2.05) is 24.3 Å². The first-order valence-electron chi connectivity index (χ1n) is 5.65. The van der Waals surface area contributed by atoms with Crippen LogP contribution in [0.2, 0.25) is 0 Å². The SMILES string of the molecule is O=C(Nc1ccccc1I)N1CCC[C@H]1CO. The average molecular weight is 346 g/mol. The predicted octanol–water partition coefficient (Wildman–Crippen LogP) is 2.28. The molecule has 5 heteroatoms. The van der Waals surface area contributed by atoms with Gasteiger partial charge in [-0.1, -0.05) is 12.1 Å². The fraction of sp³-hybridized carbons (Fsp3) is 0.417. The number of benzene rings is 1. The van der Waals surface area contributed by atoms with Crippen LogP contribution in [-0.4, -0.2) is 35.2 Å². The fourth-order valence-electron chi connectivity index (χ4n) is 2.04. The van der Waals surface area contributed by atoms with Crippen molar-refractivity contribution in [2.45, 2.75) is 18.9 Å². The lowest BCUT2D eigenvalue weighted by molar-refractivity contribution is 0.166. The van der Waals surface area contributed by atoms with Crippen LogP contribution in [0.3, 0.4) is 0 Å². The van der Waals surface area contributed by atoms with Crippen molar-refractivity contribution in [1.29, 1.82) is 0 Å². The van der Waals surface area contributed by atoms with Gasteiger partial charge in [0, 0.05) is 10.1 Å². The smallest absolute Gasteiger partial charge is 0.322 e. The second-order valence-electron chi connectivity index (χ2n) is 4.08. The molecule has 0 radical (unpaired) electrons. The minimum Gasteiger partial charge on any atom is -0.394 e. The lowest BCUT2D eigenvalue weighted by atomic mass is 10.2. The minimum absolute atomic E-state index is 0.0311. The highest BCUT2D eigenvalue weighted by molar-refractivity contribution is 14.1. The number of nitrogens with one attached hydrogen (secondary N) is 1. The topological polar surface area (TPSA) is 52.6 Å². The molecular formula is C12H15IN2O2. The monoisotopic (exact) mass is 346 g/mol. The molecule has 0 unspecified atom stereocenters. The van der Waals surface area contributed by atoms with Gasteiger partial charge < -0.3 is 15.3 Å². The largest absolute Gasteiger partial charge is 0.394 e. The zero-order valence-corrected chi connectivity index (χ0v) is 11.6. The third-order valence-corrected chi connectivity index (χ3v) is 3.90. The molecular weight excluding hydrogens is 331 g/mol. The Bertz CT molecular complexity index is 411. The molecule has 0 aromatic heterocycles. The number of carbonyl (C=O) groups excluding carboxylic acids is 1. The Morgan fingerprint density at radius 2 is 2.29 bits per heavy atom. The van der Waals surface area contributed by atoms with E-state index in [9.17, 15) is 9.90 Å². The highest BCUT2D eigenvalue weighted by atomic mass is 127. The zero-order valence-electron chi connectivity index (χ0n) is 9.40. The Balaban J connectivity index is 2.04. The van der Waals surface area contributed by atoms with Gasteiger partial charge in [0.25, 0.3) is 0 Å². The van der Waals surface area contributed by atoms with Crippen molar-refractivity contribution in [3.8, 4) is 0 Å². The Kier molecular flexibility index (Phi) is 4.22. The number of urea groups is 1. The van der Waals surface area contributed by atoms with Gasteiger partial charge in [-0.3, -0.25) is 0 Å². The van der Waals surface area contributed by atoms with Gasteiger partial charge in [-0.2, -0.15) is 0 Å². The summed E-state index contributed by atoms with van der Waals surface area (Å²) in [4.78, 5) is 13.7. The van der Waals surface area contributed by atoms with E-state index in [2.05, 4.69) is 27.9 Å². The summed E-state index contributed by atoms with van der Waals surface area (Å²) in [5, 5.41) is 12.1. The van der Waals surface area contributed by atoms with Crippen LogP contribution in [0, 0.1) is 3.57 Å². The molecule has 1 fully saturated rings. The molecule has 2 N–H and O–H groups in total. The molecule has 0 aliphatic carbocycles. The number of nitrogens with zero attached hydrogens (tertiary/aromatic N) is 1. The van der Waals surface area contributed by atoms with Crippen molar-refractivity contribution < 1.29 is 9.90 Å². The summed E-state index contributed by atoms with van der Waals surface area (Å²) >= 11 is 2.19.